The van der Waals surface area contributed by atoms with Crippen LogP contribution in [0, 0.1) is 17.8 Å². The van der Waals surface area contributed by atoms with E-state index in [4.69, 9.17) is 9.47 Å². The van der Waals surface area contributed by atoms with Crippen molar-refractivity contribution in [2.45, 2.75) is 117 Å². The Bertz CT molecular complexity index is 433. The summed E-state index contributed by atoms with van der Waals surface area (Å²) in [4.78, 5) is 24.6. The smallest absolute Gasteiger partial charge is 0.308 e. The van der Waals surface area contributed by atoms with E-state index in [0.29, 0.717) is 19.6 Å². The summed E-state index contributed by atoms with van der Waals surface area (Å²) in [6, 6.07) is 0. The molecule has 0 amide bonds. The van der Waals surface area contributed by atoms with Gasteiger partial charge < -0.3 is 9.47 Å². The van der Waals surface area contributed by atoms with Gasteiger partial charge in [0.1, 0.15) is 0 Å². The third kappa shape index (κ3) is 13.0. The quantitative estimate of drug-likeness (QED) is 0.206. The van der Waals surface area contributed by atoms with Crippen LogP contribution in [0.25, 0.3) is 0 Å². The lowest BCUT2D eigenvalue weighted by Gasteiger charge is -2.26. The van der Waals surface area contributed by atoms with Crippen LogP contribution < -0.4 is 0 Å². The van der Waals surface area contributed by atoms with E-state index in [2.05, 4.69) is 20.8 Å². The van der Waals surface area contributed by atoms with Gasteiger partial charge >= 0.3 is 11.9 Å². The monoisotopic (exact) mass is 410 g/mol. The minimum atomic E-state index is -0.127. The van der Waals surface area contributed by atoms with Gasteiger partial charge in [-0.3, -0.25) is 9.59 Å². The Labute approximate surface area is 179 Å². The fraction of sp³-hybridized carbons (Fsp3) is 0.920. The highest BCUT2D eigenvalue weighted by atomic mass is 16.5. The first-order valence-electron chi connectivity index (χ1n) is 12.4. The van der Waals surface area contributed by atoms with E-state index >= 15 is 0 Å². The molecule has 1 fully saturated rings. The molecule has 170 valence electrons. The molecule has 2 unspecified atom stereocenters. The molecule has 4 heteroatoms. The number of unbranched alkanes of at least 4 members (excludes halogenated alkanes) is 8. The SMILES string of the molecule is CCCCCCOC(=O)C1CCCC(C(=O)OCCCCCCCCC(C)C)C1. The van der Waals surface area contributed by atoms with Gasteiger partial charge in [-0.05, 0) is 38.0 Å². The Morgan fingerprint density at radius 2 is 1.24 bits per heavy atom. The third-order valence-electron chi connectivity index (χ3n) is 6.00. The summed E-state index contributed by atoms with van der Waals surface area (Å²) < 4.78 is 10.9. The summed E-state index contributed by atoms with van der Waals surface area (Å²) in [5.41, 5.74) is 0. The largest absolute Gasteiger partial charge is 0.465 e. The van der Waals surface area contributed by atoms with Gasteiger partial charge in [-0.15, -0.1) is 0 Å². The average Bonchev–Trinajstić information content (AvgIpc) is 2.72. The van der Waals surface area contributed by atoms with Crippen molar-refractivity contribution in [3.05, 3.63) is 0 Å². The van der Waals surface area contributed by atoms with Crippen molar-refractivity contribution < 1.29 is 19.1 Å². The van der Waals surface area contributed by atoms with Crippen molar-refractivity contribution in [2.75, 3.05) is 13.2 Å². The Balaban J connectivity index is 2.09. The molecular formula is C25H46O4. The molecule has 0 aromatic carbocycles. The van der Waals surface area contributed by atoms with E-state index in [1.54, 1.807) is 0 Å². The van der Waals surface area contributed by atoms with E-state index in [1.807, 2.05) is 0 Å². The molecule has 1 rings (SSSR count). The first kappa shape index (κ1) is 26.0. The average molecular weight is 411 g/mol. The van der Waals surface area contributed by atoms with Crippen LogP contribution in [0.4, 0.5) is 0 Å². The number of carbonyl (C=O) groups excluding carboxylic acids is 2. The second-order valence-corrected chi connectivity index (χ2v) is 9.26. The van der Waals surface area contributed by atoms with Crippen molar-refractivity contribution in [3.8, 4) is 0 Å². The second-order valence-electron chi connectivity index (χ2n) is 9.26. The maximum Gasteiger partial charge on any atom is 0.308 e. The molecule has 0 aliphatic heterocycles. The molecular weight excluding hydrogens is 364 g/mol. The van der Waals surface area contributed by atoms with Gasteiger partial charge in [0.2, 0.25) is 0 Å². The Kier molecular flexibility index (Phi) is 15.0. The molecule has 0 radical (unpaired) electrons. The topological polar surface area (TPSA) is 52.6 Å². The number of ether oxygens (including phenoxy) is 2. The van der Waals surface area contributed by atoms with E-state index in [0.717, 1.165) is 50.9 Å². The van der Waals surface area contributed by atoms with Gasteiger partial charge in [0.15, 0.2) is 0 Å². The van der Waals surface area contributed by atoms with E-state index in [1.165, 1.54) is 44.9 Å². The Morgan fingerprint density at radius 3 is 1.76 bits per heavy atom. The van der Waals surface area contributed by atoms with Crippen LogP contribution in [0.3, 0.4) is 0 Å². The highest BCUT2D eigenvalue weighted by molar-refractivity contribution is 5.76. The molecule has 4 nitrogen and oxygen atoms in total. The number of hydrogen-bond acceptors (Lipinski definition) is 4. The minimum Gasteiger partial charge on any atom is -0.465 e. The fourth-order valence-electron chi connectivity index (χ4n) is 4.09. The van der Waals surface area contributed by atoms with Crippen LogP contribution in [0.1, 0.15) is 117 Å². The number of hydrogen-bond donors (Lipinski definition) is 0. The summed E-state index contributed by atoms with van der Waals surface area (Å²) in [5.74, 6) is 0.330. The van der Waals surface area contributed by atoms with Crippen molar-refractivity contribution in [2.24, 2.45) is 17.8 Å². The van der Waals surface area contributed by atoms with E-state index in [9.17, 15) is 9.59 Å². The minimum absolute atomic E-state index is 0.109. The lowest BCUT2D eigenvalue weighted by Crippen LogP contribution is -2.30. The molecule has 1 aliphatic rings. The predicted octanol–water partition coefficient (Wildman–Crippen LogP) is 6.85. The maximum absolute atomic E-state index is 12.4. The van der Waals surface area contributed by atoms with Crippen molar-refractivity contribution in [3.63, 3.8) is 0 Å². The molecule has 0 N–H and O–H groups in total. The van der Waals surface area contributed by atoms with Crippen LogP contribution in [-0.4, -0.2) is 25.2 Å². The lowest BCUT2D eigenvalue weighted by atomic mass is 9.81. The molecule has 0 aromatic heterocycles. The fourth-order valence-corrected chi connectivity index (χ4v) is 4.09. The van der Waals surface area contributed by atoms with Crippen molar-refractivity contribution in [1.82, 2.24) is 0 Å². The number of esters is 2. The number of carbonyl (C=O) groups is 2. The van der Waals surface area contributed by atoms with Crippen molar-refractivity contribution >= 4 is 11.9 Å². The summed E-state index contributed by atoms with van der Waals surface area (Å²) >= 11 is 0. The standard InChI is InChI=1S/C25H46O4/c1-4-5-6-12-18-28-24(26)22-16-14-17-23(20-22)25(27)29-19-13-10-8-7-9-11-15-21(2)3/h21-23H,4-20H2,1-3H3. The third-order valence-corrected chi connectivity index (χ3v) is 6.00. The zero-order chi connectivity index (χ0) is 21.3. The Hall–Kier alpha value is -1.06. The second kappa shape index (κ2) is 16.7. The van der Waals surface area contributed by atoms with E-state index < -0.39 is 0 Å². The number of rotatable bonds is 16. The molecule has 0 spiro atoms. The first-order valence-corrected chi connectivity index (χ1v) is 12.4. The predicted molar refractivity (Wildman–Crippen MR) is 119 cm³/mol. The van der Waals surface area contributed by atoms with Crippen LogP contribution >= 0.6 is 0 Å². The van der Waals surface area contributed by atoms with Crippen LogP contribution in [0.15, 0.2) is 0 Å². The zero-order valence-electron chi connectivity index (χ0n) is 19.4. The highest BCUT2D eigenvalue weighted by Crippen LogP contribution is 2.31. The van der Waals surface area contributed by atoms with Gasteiger partial charge in [0.05, 0.1) is 25.0 Å². The molecule has 0 aromatic rings. The Morgan fingerprint density at radius 1 is 0.759 bits per heavy atom. The van der Waals surface area contributed by atoms with Crippen LogP contribution in [0.5, 0.6) is 0 Å². The van der Waals surface area contributed by atoms with E-state index in [-0.39, 0.29) is 23.8 Å². The summed E-state index contributed by atoms with van der Waals surface area (Å²) in [6.45, 7) is 7.76. The van der Waals surface area contributed by atoms with Gasteiger partial charge in [0.25, 0.3) is 0 Å². The van der Waals surface area contributed by atoms with Crippen LogP contribution in [-0.2, 0) is 19.1 Å². The van der Waals surface area contributed by atoms with Gasteiger partial charge in [0, 0.05) is 0 Å². The highest BCUT2D eigenvalue weighted by Gasteiger charge is 2.32. The molecule has 1 aliphatic carbocycles. The van der Waals surface area contributed by atoms with Crippen molar-refractivity contribution in [1.29, 1.82) is 0 Å². The normalized spacial score (nSPS) is 19.3. The van der Waals surface area contributed by atoms with Gasteiger partial charge in [-0.2, -0.15) is 0 Å². The summed E-state index contributed by atoms with van der Waals surface area (Å²) in [7, 11) is 0. The maximum atomic E-state index is 12.4. The molecule has 1 saturated carbocycles. The lowest BCUT2D eigenvalue weighted by molar-refractivity contribution is -0.155. The van der Waals surface area contributed by atoms with Crippen LogP contribution in [0.2, 0.25) is 0 Å². The zero-order valence-corrected chi connectivity index (χ0v) is 19.4. The first-order chi connectivity index (χ1) is 14.0. The van der Waals surface area contributed by atoms with Gasteiger partial charge in [-0.25, -0.2) is 0 Å². The molecule has 0 heterocycles. The molecule has 0 bridgehead atoms. The molecule has 0 saturated heterocycles. The molecule has 2 atom stereocenters. The molecule has 29 heavy (non-hydrogen) atoms. The summed E-state index contributed by atoms with van der Waals surface area (Å²) in [6.07, 6.45) is 16.2. The van der Waals surface area contributed by atoms with Gasteiger partial charge in [-0.1, -0.05) is 85.0 Å². The summed E-state index contributed by atoms with van der Waals surface area (Å²) in [5, 5.41) is 0.